The molecule has 1 aliphatic carbocycles. The standard InChI is InChI=1S/C12H18N2O2/c1-9-2-5-11(16-9)8-13-7-6-12(15)14-10-3-4-10/h2,5,10,13H,3-4,6-8H2,1H3,(H,14,15). The largest absolute Gasteiger partial charge is 0.465 e. The number of aryl methyl sites for hydroxylation is 1. The fourth-order valence-electron chi connectivity index (χ4n) is 1.52. The van der Waals surface area contributed by atoms with Crippen LogP contribution in [0.2, 0.25) is 0 Å². The van der Waals surface area contributed by atoms with Crippen molar-refractivity contribution in [1.82, 2.24) is 10.6 Å². The lowest BCUT2D eigenvalue weighted by molar-refractivity contribution is -0.121. The zero-order valence-electron chi connectivity index (χ0n) is 9.58. The molecule has 4 nitrogen and oxygen atoms in total. The van der Waals surface area contributed by atoms with Crippen LogP contribution in [0, 0.1) is 6.92 Å². The quantitative estimate of drug-likeness (QED) is 0.714. The van der Waals surface area contributed by atoms with Gasteiger partial charge in [-0.05, 0) is 31.9 Å². The van der Waals surface area contributed by atoms with Crippen molar-refractivity contribution in [1.29, 1.82) is 0 Å². The van der Waals surface area contributed by atoms with E-state index < -0.39 is 0 Å². The summed E-state index contributed by atoms with van der Waals surface area (Å²) in [6.07, 6.45) is 2.83. The number of hydrogen-bond acceptors (Lipinski definition) is 3. The molecule has 2 rings (SSSR count). The Kier molecular flexibility index (Phi) is 3.62. The van der Waals surface area contributed by atoms with Gasteiger partial charge in [0.15, 0.2) is 0 Å². The van der Waals surface area contributed by atoms with E-state index in [-0.39, 0.29) is 5.91 Å². The van der Waals surface area contributed by atoms with Gasteiger partial charge in [-0.3, -0.25) is 4.79 Å². The molecule has 0 aliphatic heterocycles. The highest BCUT2D eigenvalue weighted by Gasteiger charge is 2.22. The number of amides is 1. The fourth-order valence-corrected chi connectivity index (χ4v) is 1.52. The van der Waals surface area contributed by atoms with Crippen molar-refractivity contribution in [2.75, 3.05) is 6.54 Å². The highest BCUT2D eigenvalue weighted by Crippen LogP contribution is 2.18. The molecular weight excluding hydrogens is 204 g/mol. The van der Waals surface area contributed by atoms with Gasteiger partial charge in [0.2, 0.25) is 5.91 Å². The highest BCUT2D eigenvalue weighted by molar-refractivity contribution is 5.76. The van der Waals surface area contributed by atoms with Crippen LogP contribution in [0.5, 0.6) is 0 Å². The maximum atomic E-state index is 11.3. The molecule has 1 saturated carbocycles. The van der Waals surface area contributed by atoms with Gasteiger partial charge in [0.25, 0.3) is 0 Å². The topological polar surface area (TPSA) is 54.3 Å². The zero-order valence-corrected chi connectivity index (χ0v) is 9.58. The van der Waals surface area contributed by atoms with Crippen LogP contribution in [0.25, 0.3) is 0 Å². The minimum absolute atomic E-state index is 0.144. The van der Waals surface area contributed by atoms with Gasteiger partial charge in [-0.25, -0.2) is 0 Å². The number of carbonyl (C=O) groups excluding carboxylic acids is 1. The molecule has 1 heterocycles. The normalized spacial score (nSPS) is 15.1. The number of carbonyl (C=O) groups is 1. The zero-order chi connectivity index (χ0) is 11.4. The molecule has 4 heteroatoms. The molecule has 1 fully saturated rings. The van der Waals surface area contributed by atoms with E-state index in [0.29, 0.717) is 25.6 Å². The number of furan rings is 1. The first-order chi connectivity index (χ1) is 7.74. The minimum Gasteiger partial charge on any atom is -0.465 e. The Bertz CT molecular complexity index is 356. The lowest BCUT2D eigenvalue weighted by atomic mass is 10.3. The number of rotatable bonds is 6. The second-order valence-corrected chi connectivity index (χ2v) is 4.28. The summed E-state index contributed by atoms with van der Waals surface area (Å²) in [6, 6.07) is 4.35. The first-order valence-electron chi connectivity index (χ1n) is 5.79. The predicted molar refractivity (Wildman–Crippen MR) is 60.9 cm³/mol. The lowest BCUT2D eigenvalue weighted by Crippen LogP contribution is -2.28. The summed E-state index contributed by atoms with van der Waals surface area (Å²) < 4.78 is 5.40. The highest BCUT2D eigenvalue weighted by atomic mass is 16.3. The molecule has 1 aromatic heterocycles. The molecular formula is C12H18N2O2. The smallest absolute Gasteiger partial charge is 0.221 e. The van der Waals surface area contributed by atoms with E-state index in [2.05, 4.69) is 10.6 Å². The summed E-state index contributed by atoms with van der Waals surface area (Å²) in [6.45, 7) is 3.30. The number of hydrogen-bond donors (Lipinski definition) is 2. The van der Waals surface area contributed by atoms with E-state index in [4.69, 9.17) is 4.42 Å². The Morgan fingerprint density at radius 3 is 2.94 bits per heavy atom. The molecule has 16 heavy (non-hydrogen) atoms. The Hall–Kier alpha value is -1.29. The van der Waals surface area contributed by atoms with Crippen LogP contribution in [0.4, 0.5) is 0 Å². The summed E-state index contributed by atoms with van der Waals surface area (Å²) in [5.74, 6) is 1.98. The SMILES string of the molecule is Cc1ccc(CNCCC(=O)NC2CC2)o1. The van der Waals surface area contributed by atoms with Crippen LogP contribution in [0.1, 0.15) is 30.8 Å². The molecule has 0 bridgehead atoms. The van der Waals surface area contributed by atoms with Crippen LogP contribution in [-0.4, -0.2) is 18.5 Å². The molecule has 2 N–H and O–H groups in total. The Morgan fingerprint density at radius 2 is 2.31 bits per heavy atom. The fraction of sp³-hybridized carbons (Fsp3) is 0.583. The van der Waals surface area contributed by atoms with Crippen molar-refractivity contribution in [3.63, 3.8) is 0 Å². The Morgan fingerprint density at radius 1 is 1.50 bits per heavy atom. The van der Waals surface area contributed by atoms with Crippen LogP contribution in [-0.2, 0) is 11.3 Å². The average molecular weight is 222 g/mol. The van der Waals surface area contributed by atoms with Crippen molar-refractivity contribution < 1.29 is 9.21 Å². The molecule has 1 aliphatic rings. The van der Waals surface area contributed by atoms with Gasteiger partial charge < -0.3 is 15.1 Å². The van der Waals surface area contributed by atoms with Crippen LogP contribution in [0.15, 0.2) is 16.5 Å². The molecule has 1 aromatic rings. The van der Waals surface area contributed by atoms with Gasteiger partial charge in [-0.1, -0.05) is 0 Å². The van der Waals surface area contributed by atoms with E-state index in [0.717, 1.165) is 24.4 Å². The van der Waals surface area contributed by atoms with Crippen molar-refractivity contribution in [2.24, 2.45) is 0 Å². The molecule has 0 atom stereocenters. The first kappa shape index (κ1) is 11.2. The lowest BCUT2D eigenvalue weighted by Gasteiger charge is -2.03. The predicted octanol–water partition coefficient (Wildman–Crippen LogP) is 1.35. The van der Waals surface area contributed by atoms with E-state index in [1.54, 1.807) is 0 Å². The second-order valence-electron chi connectivity index (χ2n) is 4.28. The van der Waals surface area contributed by atoms with Gasteiger partial charge in [0, 0.05) is 19.0 Å². The van der Waals surface area contributed by atoms with E-state index in [1.165, 1.54) is 0 Å². The van der Waals surface area contributed by atoms with Crippen molar-refractivity contribution in [3.8, 4) is 0 Å². The summed E-state index contributed by atoms with van der Waals surface area (Å²) >= 11 is 0. The monoisotopic (exact) mass is 222 g/mol. The molecule has 0 spiro atoms. The summed E-state index contributed by atoms with van der Waals surface area (Å²) in [5, 5.41) is 6.14. The van der Waals surface area contributed by atoms with Gasteiger partial charge >= 0.3 is 0 Å². The molecule has 0 unspecified atom stereocenters. The van der Waals surface area contributed by atoms with E-state index in [1.807, 2.05) is 19.1 Å². The molecule has 88 valence electrons. The summed E-state index contributed by atoms with van der Waals surface area (Å²) in [5.41, 5.74) is 0. The van der Waals surface area contributed by atoms with Crippen LogP contribution in [0.3, 0.4) is 0 Å². The van der Waals surface area contributed by atoms with E-state index in [9.17, 15) is 4.79 Å². The van der Waals surface area contributed by atoms with Crippen LogP contribution < -0.4 is 10.6 Å². The van der Waals surface area contributed by atoms with Crippen molar-refractivity contribution >= 4 is 5.91 Å². The second kappa shape index (κ2) is 5.16. The maximum absolute atomic E-state index is 11.3. The van der Waals surface area contributed by atoms with Gasteiger partial charge in [0.05, 0.1) is 6.54 Å². The third kappa shape index (κ3) is 3.70. The summed E-state index contributed by atoms with van der Waals surface area (Å²) in [4.78, 5) is 11.3. The minimum atomic E-state index is 0.144. The van der Waals surface area contributed by atoms with Gasteiger partial charge in [-0.15, -0.1) is 0 Å². The van der Waals surface area contributed by atoms with E-state index >= 15 is 0 Å². The first-order valence-corrected chi connectivity index (χ1v) is 5.79. The number of nitrogens with one attached hydrogen (secondary N) is 2. The Balaban J connectivity index is 1.55. The van der Waals surface area contributed by atoms with Crippen molar-refractivity contribution in [3.05, 3.63) is 23.7 Å². The Labute approximate surface area is 95.4 Å². The molecule has 0 aromatic carbocycles. The van der Waals surface area contributed by atoms with Gasteiger partial charge in [0.1, 0.15) is 11.5 Å². The molecule has 0 radical (unpaired) electrons. The third-order valence-electron chi connectivity index (χ3n) is 2.57. The summed E-state index contributed by atoms with van der Waals surface area (Å²) in [7, 11) is 0. The maximum Gasteiger partial charge on any atom is 0.221 e. The third-order valence-corrected chi connectivity index (χ3v) is 2.57. The molecule has 1 amide bonds. The van der Waals surface area contributed by atoms with Crippen molar-refractivity contribution in [2.45, 2.75) is 38.8 Å². The van der Waals surface area contributed by atoms with Crippen LogP contribution >= 0.6 is 0 Å². The average Bonchev–Trinajstić information content (AvgIpc) is 2.95. The van der Waals surface area contributed by atoms with Gasteiger partial charge in [-0.2, -0.15) is 0 Å². The molecule has 0 saturated heterocycles.